The Hall–Kier alpha value is -1.59. The van der Waals surface area contributed by atoms with Crippen LogP contribution in [0.4, 0.5) is 4.79 Å². The van der Waals surface area contributed by atoms with Crippen LogP contribution in [-0.2, 0) is 17.9 Å². The maximum atomic E-state index is 11.1. The summed E-state index contributed by atoms with van der Waals surface area (Å²) in [7, 11) is 0. The molecule has 0 radical (unpaired) electrons. The summed E-state index contributed by atoms with van der Waals surface area (Å²) in [6.45, 7) is 5.72. The van der Waals surface area contributed by atoms with Gasteiger partial charge in [-0.15, -0.1) is 0 Å². The molecule has 5 heteroatoms. The van der Waals surface area contributed by atoms with Crippen molar-refractivity contribution < 1.29 is 9.53 Å². The molecule has 1 aromatic carbocycles. The van der Waals surface area contributed by atoms with Gasteiger partial charge in [0.1, 0.15) is 0 Å². The predicted octanol–water partition coefficient (Wildman–Crippen LogP) is 1.86. The van der Waals surface area contributed by atoms with E-state index in [1.54, 1.807) is 4.90 Å². The Kier molecular flexibility index (Phi) is 6.02. The van der Waals surface area contributed by atoms with Crippen LogP contribution in [-0.4, -0.2) is 36.7 Å². The van der Waals surface area contributed by atoms with E-state index in [1.807, 2.05) is 13.0 Å². The molecule has 1 heterocycles. The van der Waals surface area contributed by atoms with Crippen LogP contribution in [0.2, 0.25) is 0 Å². The summed E-state index contributed by atoms with van der Waals surface area (Å²) in [5.74, 6) is 0. The number of benzene rings is 1. The van der Waals surface area contributed by atoms with Crippen LogP contribution >= 0.6 is 0 Å². The maximum Gasteiger partial charge on any atom is 0.314 e. The van der Waals surface area contributed by atoms with E-state index < -0.39 is 0 Å². The fourth-order valence-corrected chi connectivity index (χ4v) is 2.64. The van der Waals surface area contributed by atoms with Gasteiger partial charge in [0.2, 0.25) is 0 Å². The van der Waals surface area contributed by atoms with Gasteiger partial charge in [-0.2, -0.15) is 0 Å². The van der Waals surface area contributed by atoms with Crippen molar-refractivity contribution in [2.24, 2.45) is 5.73 Å². The summed E-state index contributed by atoms with van der Waals surface area (Å²) < 4.78 is 5.51. The van der Waals surface area contributed by atoms with Gasteiger partial charge in [-0.1, -0.05) is 24.3 Å². The SMILES string of the molecule is CCOCc1ccccc1CNC1CCN(C(N)=O)CC1. The highest BCUT2D eigenvalue weighted by atomic mass is 16.5. The number of nitrogens with one attached hydrogen (secondary N) is 1. The number of ether oxygens (including phenoxy) is 1. The largest absolute Gasteiger partial charge is 0.377 e. The Bertz CT molecular complexity index is 457. The molecule has 1 saturated heterocycles. The second kappa shape index (κ2) is 8.00. The molecule has 0 aromatic heterocycles. The molecule has 0 aliphatic carbocycles. The highest BCUT2D eigenvalue weighted by Crippen LogP contribution is 2.13. The third-order valence-corrected chi connectivity index (χ3v) is 3.97. The molecular weight excluding hydrogens is 266 g/mol. The molecule has 3 N–H and O–H groups in total. The van der Waals surface area contributed by atoms with Crippen LogP contribution in [0.5, 0.6) is 0 Å². The molecule has 116 valence electrons. The number of nitrogens with zero attached hydrogens (tertiary/aromatic N) is 1. The standard InChI is InChI=1S/C16H25N3O2/c1-2-21-12-14-6-4-3-5-13(14)11-18-15-7-9-19(10-8-15)16(17)20/h3-6,15,18H,2,7-12H2,1H3,(H2,17,20). The van der Waals surface area contributed by atoms with Crippen molar-refractivity contribution in [3.8, 4) is 0 Å². The average molecular weight is 291 g/mol. The van der Waals surface area contributed by atoms with Crippen molar-refractivity contribution >= 4 is 6.03 Å². The van der Waals surface area contributed by atoms with Gasteiger partial charge < -0.3 is 20.7 Å². The molecule has 2 rings (SSSR count). The van der Waals surface area contributed by atoms with Crippen molar-refractivity contribution in [2.45, 2.75) is 39.0 Å². The van der Waals surface area contributed by atoms with Gasteiger partial charge in [0, 0.05) is 32.3 Å². The Morgan fingerprint density at radius 3 is 2.62 bits per heavy atom. The second-order valence-corrected chi connectivity index (χ2v) is 5.39. The zero-order valence-electron chi connectivity index (χ0n) is 12.7. The van der Waals surface area contributed by atoms with Crippen molar-refractivity contribution in [1.82, 2.24) is 10.2 Å². The van der Waals surface area contributed by atoms with E-state index in [4.69, 9.17) is 10.5 Å². The van der Waals surface area contributed by atoms with Gasteiger partial charge in [0.25, 0.3) is 0 Å². The van der Waals surface area contributed by atoms with Gasteiger partial charge >= 0.3 is 6.03 Å². The molecule has 0 bridgehead atoms. The molecule has 1 fully saturated rings. The molecule has 0 unspecified atom stereocenters. The number of nitrogens with two attached hydrogens (primary N) is 1. The first-order valence-electron chi connectivity index (χ1n) is 7.63. The lowest BCUT2D eigenvalue weighted by atomic mass is 10.0. The Morgan fingerprint density at radius 2 is 2.00 bits per heavy atom. The van der Waals surface area contributed by atoms with Crippen LogP contribution in [0.15, 0.2) is 24.3 Å². The molecule has 5 nitrogen and oxygen atoms in total. The number of rotatable bonds is 6. The zero-order valence-corrected chi connectivity index (χ0v) is 12.7. The van der Waals surface area contributed by atoms with Crippen molar-refractivity contribution in [3.05, 3.63) is 35.4 Å². The van der Waals surface area contributed by atoms with Crippen LogP contribution < -0.4 is 11.1 Å². The lowest BCUT2D eigenvalue weighted by Crippen LogP contribution is -2.46. The van der Waals surface area contributed by atoms with Gasteiger partial charge in [-0.05, 0) is 30.9 Å². The number of carbonyl (C=O) groups excluding carboxylic acids is 1. The fourth-order valence-electron chi connectivity index (χ4n) is 2.64. The van der Waals surface area contributed by atoms with Crippen LogP contribution in [0.3, 0.4) is 0 Å². The number of hydrogen-bond acceptors (Lipinski definition) is 3. The second-order valence-electron chi connectivity index (χ2n) is 5.39. The number of piperidine rings is 1. The van der Waals surface area contributed by atoms with Gasteiger partial charge in [-0.25, -0.2) is 4.79 Å². The number of carbonyl (C=O) groups is 1. The van der Waals surface area contributed by atoms with E-state index >= 15 is 0 Å². The van der Waals surface area contributed by atoms with E-state index in [0.29, 0.717) is 12.6 Å². The number of primary amides is 1. The topological polar surface area (TPSA) is 67.6 Å². The first-order chi connectivity index (χ1) is 10.2. The van der Waals surface area contributed by atoms with Gasteiger partial charge in [0.05, 0.1) is 6.61 Å². The third-order valence-electron chi connectivity index (χ3n) is 3.97. The molecule has 1 aromatic rings. The highest BCUT2D eigenvalue weighted by Gasteiger charge is 2.20. The highest BCUT2D eigenvalue weighted by molar-refractivity contribution is 5.72. The first kappa shape index (κ1) is 15.8. The van der Waals surface area contributed by atoms with Gasteiger partial charge in [-0.3, -0.25) is 0 Å². The Balaban J connectivity index is 1.82. The molecule has 1 aliphatic rings. The normalized spacial score (nSPS) is 16.1. The van der Waals surface area contributed by atoms with Crippen molar-refractivity contribution in [3.63, 3.8) is 0 Å². The summed E-state index contributed by atoms with van der Waals surface area (Å²) in [4.78, 5) is 12.8. The molecule has 0 saturated carbocycles. The molecule has 2 amide bonds. The van der Waals surface area contributed by atoms with Crippen LogP contribution in [0.25, 0.3) is 0 Å². The molecular formula is C16H25N3O2. The zero-order chi connectivity index (χ0) is 15.1. The number of amides is 2. The number of hydrogen-bond donors (Lipinski definition) is 2. The third kappa shape index (κ3) is 4.72. The predicted molar refractivity (Wildman–Crippen MR) is 82.8 cm³/mol. The van der Waals surface area contributed by atoms with E-state index in [2.05, 4.69) is 23.5 Å². The fraction of sp³-hybridized carbons (Fsp3) is 0.562. The number of likely N-dealkylation sites (tertiary alicyclic amines) is 1. The maximum absolute atomic E-state index is 11.1. The minimum atomic E-state index is -0.310. The molecule has 0 atom stereocenters. The lowest BCUT2D eigenvalue weighted by Gasteiger charge is -2.31. The summed E-state index contributed by atoms with van der Waals surface area (Å²) >= 11 is 0. The van der Waals surface area contributed by atoms with E-state index in [1.165, 1.54) is 11.1 Å². The first-order valence-corrected chi connectivity index (χ1v) is 7.63. The Labute approximate surface area is 126 Å². The Morgan fingerprint density at radius 1 is 1.33 bits per heavy atom. The smallest absolute Gasteiger partial charge is 0.314 e. The van der Waals surface area contributed by atoms with Gasteiger partial charge in [0.15, 0.2) is 0 Å². The quantitative estimate of drug-likeness (QED) is 0.840. The van der Waals surface area contributed by atoms with E-state index in [-0.39, 0.29) is 6.03 Å². The molecule has 1 aliphatic heterocycles. The monoisotopic (exact) mass is 291 g/mol. The summed E-state index contributed by atoms with van der Waals surface area (Å²) in [6, 6.07) is 8.49. The lowest BCUT2D eigenvalue weighted by molar-refractivity contribution is 0.133. The minimum Gasteiger partial charge on any atom is -0.377 e. The van der Waals surface area contributed by atoms with Crippen LogP contribution in [0, 0.1) is 0 Å². The summed E-state index contributed by atoms with van der Waals surface area (Å²) in [5.41, 5.74) is 7.81. The molecule has 21 heavy (non-hydrogen) atoms. The average Bonchev–Trinajstić information content (AvgIpc) is 2.52. The summed E-state index contributed by atoms with van der Waals surface area (Å²) in [6.07, 6.45) is 1.91. The minimum absolute atomic E-state index is 0.310. The van der Waals surface area contributed by atoms with Crippen molar-refractivity contribution in [2.75, 3.05) is 19.7 Å². The van der Waals surface area contributed by atoms with E-state index in [9.17, 15) is 4.79 Å². The van der Waals surface area contributed by atoms with Crippen molar-refractivity contribution in [1.29, 1.82) is 0 Å². The molecule has 0 spiro atoms. The van der Waals surface area contributed by atoms with Crippen LogP contribution in [0.1, 0.15) is 30.9 Å². The summed E-state index contributed by atoms with van der Waals surface area (Å²) in [5, 5.41) is 3.58. The number of urea groups is 1. The van der Waals surface area contributed by atoms with E-state index in [0.717, 1.165) is 39.1 Å².